The zero-order chi connectivity index (χ0) is 13.0. The van der Waals surface area contributed by atoms with Crippen molar-refractivity contribution in [2.75, 3.05) is 6.61 Å². The molecule has 94 valence electrons. The van der Waals surface area contributed by atoms with Crippen LogP contribution in [0.25, 0.3) is 0 Å². The molecule has 16 heavy (non-hydrogen) atoms. The van der Waals surface area contributed by atoms with Gasteiger partial charge in [-0.25, -0.2) is 0 Å². The molecule has 1 heterocycles. The quantitative estimate of drug-likeness (QED) is 0.583. The van der Waals surface area contributed by atoms with Gasteiger partial charge in [-0.3, -0.25) is 0 Å². The molecule has 0 bridgehead atoms. The predicted molar refractivity (Wildman–Crippen MR) is 81.0 cm³/mol. The van der Waals surface area contributed by atoms with Crippen molar-refractivity contribution in [1.29, 1.82) is 0 Å². The Kier molecular flexibility index (Phi) is 4.24. The minimum absolute atomic E-state index is 0.398. The first kappa shape index (κ1) is 15.7. The summed E-state index contributed by atoms with van der Waals surface area (Å²) in [7, 11) is 0. The van der Waals surface area contributed by atoms with Gasteiger partial charge in [0, 0.05) is 0 Å². The van der Waals surface area contributed by atoms with Gasteiger partial charge in [-0.15, -0.1) is 0 Å². The summed E-state index contributed by atoms with van der Waals surface area (Å²) in [5.41, 5.74) is 0. The molecule has 0 saturated carbocycles. The Morgan fingerprint density at radius 1 is 0.938 bits per heavy atom. The Morgan fingerprint density at radius 2 is 1.31 bits per heavy atom. The summed E-state index contributed by atoms with van der Waals surface area (Å²) in [6.45, 7) is 8.76. The van der Waals surface area contributed by atoms with Crippen molar-refractivity contribution in [3.05, 3.63) is 0 Å². The van der Waals surface area contributed by atoms with Gasteiger partial charge >= 0.3 is 112 Å². The molecule has 0 aromatic rings. The van der Waals surface area contributed by atoms with Crippen LogP contribution in [-0.4, -0.2) is 50.3 Å². The van der Waals surface area contributed by atoms with Crippen LogP contribution in [0.4, 0.5) is 0 Å². The van der Waals surface area contributed by atoms with Gasteiger partial charge in [0.25, 0.3) is 0 Å². The normalized spacial score (nSPS) is 24.9. The second-order valence-corrected chi connectivity index (χ2v) is 42.7. The van der Waals surface area contributed by atoms with E-state index in [0.717, 1.165) is 6.61 Å². The first-order valence-electron chi connectivity index (χ1n) is 6.49. The van der Waals surface area contributed by atoms with Gasteiger partial charge in [-0.2, -0.15) is 0 Å². The Hall–Kier alpha value is 1.62. The van der Waals surface area contributed by atoms with E-state index in [1.54, 1.807) is 0 Å². The van der Waals surface area contributed by atoms with E-state index in [1.165, 1.54) is 0 Å². The number of hydrogen-bond acceptors (Lipinski definition) is 1. The molecule has 0 aromatic heterocycles. The van der Waals surface area contributed by atoms with Gasteiger partial charge in [0.2, 0.25) is 0 Å². The van der Waals surface area contributed by atoms with Crippen molar-refractivity contribution in [2.24, 2.45) is 0 Å². The molecule has 0 radical (unpaired) electrons. The van der Waals surface area contributed by atoms with Gasteiger partial charge in [0.1, 0.15) is 0 Å². The first-order chi connectivity index (χ1) is 6.88. The van der Waals surface area contributed by atoms with Crippen LogP contribution in [0.2, 0.25) is 43.2 Å². The summed E-state index contributed by atoms with van der Waals surface area (Å²) in [6.07, 6.45) is 0. The molecule has 1 aliphatic heterocycles. The summed E-state index contributed by atoms with van der Waals surface area (Å²) in [5.74, 6) is 0. The summed E-state index contributed by atoms with van der Waals surface area (Å²) in [5, 5.41) is 0.398. The van der Waals surface area contributed by atoms with Crippen molar-refractivity contribution in [3.63, 3.8) is 0 Å². The fourth-order valence-corrected chi connectivity index (χ4v) is 69.1. The SMILES string of the molecule is CB1OC[C]([Sn]([CH3])([CH3])[CH3])([Sn]([CH3])([CH3])[CH3])C1(C)C. The molecule has 0 atom stereocenters. The second-order valence-electron chi connectivity index (χ2n) is 8.08. The summed E-state index contributed by atoms with van der Waals surface area (Å²) in [4.78, 5) is 15.8. The first-order valence-corrected chi connectivity index (χ1v) is 26.5. The van der Waals surface area contributed by atoms with E-state index in [0.29, 0.717) is 13.7 Å². The molecule has 0 spiro atoms. The zero-order valence-corrected chi connectivity index (χ0v) is 18.4. The van der Waals surface area contributed by atoms with Gasteiger partial charge in [-0.1, -0.05) is 0 Å². The summed E-state index contributed by atoms with van der Waals surface area (Å²) in [6, 6.07) is 0. The molecule has 1 saturated heterocycles. The van der Waals surface area contributed by atoms with E-state index in [2.05, 4.69) is 50.3 Å². The molecule has 1 nitrogen and oxygen atoms in total. The molecular formula is C12H29BOSn2. The van der Waals surface area contributed by atoms with E-state index in [1.807, 2.05) is 0 Å². The van der Waals surface area contributed by atoms with Crippen molar-refractivity contribution in [2.45, 2.75) is 57.1 Å². The van der Waals surface area contributed by atoms with Crippen LogP contribution in [0.5, 0.6) is 0 Å². The molecular weight excluding hydrogens is 408 g/mol. The monoisotopic (exact) mass is 440 g/mol. The van der Waals surface area contributed by atoms with Gasteiger partial charge in [-0.05, 0) is 0 Å². The zero-order valence-electron chi connectivity index (χ0n) is 12.7. The molecule has 0 aliphatic carbocycles. The summed E-state index contributed by atoms with van der Waals surface area (Å²) >= 11 is -4.04. The van der Waals surface area contributed by atoms with Crippen LogP contribution in [0.15, 0.2) is 0 Å². The molecule has 0 N–H and O–H groups in total. The maximum absolute atomic E-state index is 6.14. The van der Waals surface area contributed by atoms with E-state index >= 15 is 0 Å². The molecule has 4 heteroatoms. The van der Waals surface area contributed by atoms with Gasteiger partial charge in [0.05, 0.1) is 0 Å². The number of rotatable bonds is 2. The van der Waals surface area contributed by atoms with E-state index in [9.17, 15) is 0 Å². The van der Waals surface area contributed by atoms with E-state index in [-0.39, 0.29) is 0 Å². The van der Waals surface area contributed by atoms with E-state index < -0.39 is 36.8 Å². The third-order valence-corrected chi connectivity index (χ3v) is 53.1. The van der Waals surface area contributed by atoms with Crippen LogP contribution in [0, 0.1) is 0 Å². The van der Waals surface area contributed by atoms with Crippen molar-refractivity contribution in [1.82, 2.24) is 0 Å². The fraction of sp³-hybridized carbons (Fsp3) is 1.00. The maximum atomic E-state index is 6.14. The van der Waals surface area contributed by atoms with Crippen molar-refractivity contribution >= 4 is 43.7 Å². The molecule has 0 aromatic carbocycles. The second kappa shape index (κ2) is 4.33. The standard InChI is InChI=1S/C6H11BO.6CH3.2Sn/c1-6(2)4-5-8-7(6)3;;;;;;;;/h5H2,1-3H3;6*1H3;;. The third kappa shape index (κ3) is 2.02. The van der Waals surface area contributed by atoms with Crippen LogP contribution in [0.1, 0.15) is 13.8 Å². The Morgan fingerprint density at radius 3 is 1.44 bits per heavy atom. The summed E-state index contributed by atoms with van der Waals surface area (Å²) < 4.78 is 6.78. The average Bonchev–Trinajstić information content (AvgIpc) is 2.20. The molecule has 0 unspecified atom stereocenters. The molecule has 1 rings (SSSR count). The van der Waals surface area contributed by atoms with Gasteiger partial charge in [0.15, 0.2) is 0 Å². The average molecular weight is 438 g/mol. The van der Waals surface area contributed by atoms with Crippen LogP contribution in [-0.2, 0) is 4.65 Å². The van der Waals surface area contributed by atoms with E-state index in [4.69, 9.17) is 4.65 Å². The van der Waals surface area contributed by atoms with Crippen LogP contribution in [0.3, 0.4) is 0 Å². The van der Waals surface area contributed by atoms with Crippen molar-refractivity contribution in [3.8, 4) is 0 Å². The van der Waals surface area contributed by atoms with Crippen molar-refractivity contribution < 1.29 is 4.65 Å². The predicted octanol–water partition coefficient (Wildman–Crippen LogP) is 4.37. The Balaban J connectivity index is 3.40. The Labute approximate surface area is 111 Å². The third-order valence-electron chi connectivity index (χ3n) is 5.23. The van der Waals surface area contributed by atoms with Gasteiger partial charge < -0.3 is 0 Å². The molecule has 0 amide bonds. The van der Waals surface area contributed by atoms with Crippen LogP contribution < -0.4 is 0 Å². The number of hydrogen-bond donors (Lipinski definition) is 0. The molecule has 1 aliphatic rings. The topological polar surface area (TPSA) is 9.23 Å². The molecule has 1 fully saturated rings. The minimum atomic E-state index is -2.02. The Bertz CT molecular complexity index is 262. The fourth-order valence-electron chi connectivity index (χ4n) is 4.48. The van der Waals surface area contributed by atoms with Crippen LogP contribution >= 0.6 is 0 Å².